The van der Waals surface area contributed by atoms with Gasteiger partial charge >= 0.3 is 5.97 Å². The average Bonchev–Trinajstić information content (AvgIpc) is 3.45. The largest absolute Gasteiger partial charge is 0.451 e. The molecule has 1 aromatic heterocycles. The van der Waals surface area contributed by atoms with Crippen molar-refractivity contribution in [2.75, 3.05) is 6.61 Å². The molecule has 2 heterocycles. The van der Waals surface area contributed by atoms with Gasteiger partial charge in [-0.1, -0.05) is 18.2 Å². The van der Waals surface area contributed by atoms with Crippen LogP contribution < -0.4 is 0 Å². The number of aromatic nitrogens is 2. The molecule has 148 valence electrons. The first-order valence-electron chi connectivity index (χ1n) is 10.2. The van der Waals surface area contributed by atoms with Gasteiger partial charge in [0.05, 0.1) is 11.4 Å². The average molecular weight is 381 g/mol. The molecule has 1 aromatic carbocycles. The summed E-state index contributed by atoms with van der Waals surface area (Å²) in [6.45, 7) is 3.88. The van der Waals surface area contributed by atoms with Crippen LogP contribution in [0.25, 0.3) is 5.69 Å². The third-order valence-corrected chi connectivity index (χ3v) is 5.74. The van der Waals surface area contributed by atoms with E-state index in [4.69, 9.17) is 4.74 Å². The first kappa shape index (κ1) is 18.7. The SMILES string of the molecule is C[C@@H]1CCC[C@H](C)N1C(=O)COC(=O)c1cc(C2CC2)nn1-c1ccccc1. The molecule has 1 aliphatic carbocycles. The van der Waals surface area contributed by atoms with Crippen LogP contribution in [0.2, 0.25) is 0 Å². The van der Waals surface area contributed by atoms with Crippen LogP contribution in [0, 0.1) is 0 Å². The van der Waals surface area contributed by atoms with Crippen molar-refractivity contribution in [3.05, 3.63) is 47.8 Å². The molecule has 2 fully saturated rings. The summed E-state index contributed by atoms with van der Waals surface area (Å²) < 4.78 is 7.06. The zero-order valence-corrected chi connectivity index (χ0v) is 16.5. The van der Waals surface area contributed by atoms with Gasteiger partial charge in [-0.05, 0) is 64.2 Å². The molecule has 2 aromatic rings. The summed E-state index contributed by atoms with van der Waals surface area (Å²) in [5.41, 5.74) is 2.10. The Labute approximate surface area is 165 Å². The van der Waals surface area contributed by atoms with Crippen molar-refractivity contribution in [2.45, 2.75) is 64.0 Å². The summed E-state index contributed by atoms with van der Waals surface area (Å²) in [6.07, 6.45) is 5.32. The minimum Gasteiger partial charge on any atom is -0.451 e. The number of esters is 1. The molecule has 1 saturated carbocycles. The first-order chi connectivity index (χ1) is 13.5. The fourth-order valence-electron chi connectivity index (χ4n) is 4.08. The van der Waals surface area contributed by atoms with Gasteiger partial charge in [0, 0.05) is 18.0 Å². The van der Waals surface area contributed by atoms with E-state index >= 15 is 0 Å². The highest BCUT2D eigenvalue weighted by Crippen LogP contribution is 2.39. The zero-order valence-electron chi connectivity index (χ0n) is 16.5. The highest BCUT2D eigenvalue weighted by molar-refractivity contribution is 5.90. The van der Waals surface area contributed by atoms with E-state index in [0.29, 0.717) is 11.6 Å². The summed E-state index contributed by atoms with van der Waals surface area (Å²) in [4.78, 5) is 27.3. The van der Waals surface area contributed by atoms with Gasteiger partial charge in [0.15, 0.2) is 12.3 Å². The van der Waals surface area contributed by atoms with Gasteiger partial charge in [-0.15, -0.1) is 0 Å². The minimum atomic E-state index is -0.506. The van der Waals surface area contributed by atoms with Crippen molar-refractivity contribution in [2.24, 2.45) is 0 Å². The molecule has 2 atom stereocenters. The van der Waals surface area contributed by atoms with Crippen LogP contribution in [0.4, 0.5) is 0 Å². The Morgan fingerprint density at radius 2 is 1.75 bits per heavy atom. The van der Waals surface area contributed by atoms with E-state index in [1.165, 1.54) is 0 Å². The summed E-state index contributed by atoms with van der Waals surface area (Å²) in [7, 11) is 0. The summed E-state index contributed by atoms with van der Waals surface area (Å²) in [6, 6.07) is 11.7. The van der Waals surface area contributed by atoms with Gasteiger partial charge < -0.3 is 9.64 Å². The molecule has 6 heteroatoms. The second kappa shape index (κ2) is 7.78. The van der Waals surface area contributed by atoms with Crippen LogP contribution in [0.15, 0.2) is 36.4 Å². The fraction of sp³-hybridized carbons (Fsp3) is 0.500. The molecule has 6 nitrogen and oxygen atoms in total. The first-order valence-corrected chi connectivity index (χ1v) is 10.2. The summed E-state index contributed by atoms with van der Waals surface area (Å²) in [5.74, 6) is -0.205. The Hall–Kier alpha value is -2.63. The second-order valence-corrected chi connectivity index (χ2v) is 7.98. The van der Waals surface area contributed by atoms with Gasteiger partial charge in [0.25, 0.3) is 5.91 Å². The molecule has 4 rings (SSSR count). The number of nitrogens with zero attached hydrogens (tertiary/aromatic N) is 3. The summed E-state index contributed by atoms with van der Waals surface area (Å²) in [5, 5.41) is 4.63. The standard InChI is InChI=1S/C22H27N3O3/c1-15-7-6-8-16(2)24(15)21(26)14-28-22(27)20-13-19(17-11-12-17)23-25(20)18-9-4-3-5-10-18/h3-5,9-10,13,15-17H,6-8,11-12,14H2,1-2H3/t15-,16+. The lowest BCUT2D eigenvalue weighted by molar-refractivity contribution is -0.140. The van der Waals surface area contributed by atoms with Gasteiger partial charge in [-0.3, -0.25) is 4.79 Å². The summed E-state index contributed by atoms with van der Waals surface area (Å²) >= 11 is 0. The van der Waals surface area contributed by atoms with E-state index in [2.05, 4.69) is 18.9 Å². The van der Waals surface area contributed by atoms with Crippen LogP contribution in [0.1, 0.15) is 68.1 Å². The fourth-order valence-corrected chi connectivity index (χ4v) is 4.08. The molecule has 0 spiro atoms. The Morgan fingerprint density at radius 1 is 1.07 bits per heavy atom. The number of hydrogen-bond donors (Lipinski definition) is 0. The number of carbonyl (C=O) groups is 2. The maximum absolute atomic E-state index is 12.8. The van der Waals surface area contributed by atoms with Crippen LogP contribution in [0.3, 0.4) is 0 Å². The normalized spacial score (nSPS) is 22.1. The van der Waals surface area contributed by atoms with Crippen molar-refractivity contribution in [1.82, 2.24) is 14.7 Å². The molecule has 0 unspecified atom stereocenters. The quantitative estimate of drug-likeness (QED) is 0.741. The third kappa shape index (κ3) is 3.81. The van der Waals surface area contributed by atoms with E-state index in [0.717, 1.165) is 43.5 Å². The van der Waals surface area contributed by atoms with Crippen LogP contribution in [-0.2, 0) is 9.53 Å². The molecule has 28 heavy (non-hydrogen) atoms. The number of ether oxygens (including phenoxy) is 1. The second-order valence-electron chi connectivity index (χ2n) is 7.98. The number of likely N-dealkylation sites (tertiary alicyclic amines) is 1. The van der Waals surface area contributed by atoms with E-state index < -0.39 is 5.97 Å². The monoisotopic (exact) mass is 381 g/mol. The zero-order chi connectivity index (χ0) is 19.7. The van der Waals surface area contributed by atoms with Crippen LogP contribution >= 0.6 is 0 Å². The molecule has 0 bridgehead atoms. The van der Waals surface area contributed by atoms with Crippen LogP contribution in [0.5, 0.6) is 0 Å². The topological polar surface area (TPSA) is 64.4 Å². The Morgan fingerprint density at radius 3 is 2.39 bits per heavy atom. The van der Waals surface area contributed by atoms with E-state index in [1.807, 2.05) is 41.3 Å². The van der Waals surface area contributed by atoms with Crippen molar-refractivity contribution >= 4 is 11.9 Å². The minimum absolute atomic E-state index is 0.124. The highest BCUT2D eigenvalue weighted by Gasteiger charge is 2.31. The Balaban J connectivity index is 1.49. The maximum Gasteiger partial charge on any atom is 0.357 e. The molecular formula is C22H27N3O3. The number of benzene rings is 1. The van der Waals surface area contributed by atoms with Gasteiger partial charge in [-0.25, -0.2) is 9.48 Å². The number of hydrogen-bond acceptors (Lipinski definition) is 4. The van der Waals surface area contributed by atoms with E-state index in [-0.39, 0.29) is 24.6 Å². The lowest BCUT2D eigenvalue weighted by atomic mass is 9.97. The predicted molar refractivity (Wildman–Crippen MR) is 105 cm³/mol. The number of para-hydroxylation sites is 1. The smallest absolute Gasteiger partial charge is 0.357 e. The van der Waals surface area contributed by atoms with Crippen LogP contribution in [-0.4, -0.2) is 45.2 Å². The Kier molecular flexibility index (Phi) is 5.20. The van der Waals surface area contributed by atoms with Gasteiger partial charge in [-0.2, -0.15) is 5.10 Å². The van der Waals surface area contributed by atoms with E-state index in [1.54, 1.807) is 4.68 Å². The van der Waals surface area contributed by atoms with Gasteiger partial charge in [0.2, 0.25) is 0 Å². The molecule has 1 amide bonds. The molecule has 1 aliphatic heterocycles. The van der Waals surface area contributed by atoms with Gasteiger partial charge in [0.1, 0.15) is 0 Å². The predicted octanol–water partition coefficient (Wildman–Crippen LogP) is 3.70. The van der Waals surface area contributed by atoms with Crippen molar-refractivity contribution in [3.8, 4) is 5.69 Å². The number of carbonyl (C=O) groups excluding carboxylic acids is 2. The lowest BCUT2D eigenvalue weighted by Gasteiger charge is -2.38. The van der Waals surface area contributed by atoms with E-state index in [9.17, 15) is 9.59 Å². The van der Waals surface area contributed by atoms with Crippen molar-refractivity contribution in [3.63, 3.8) is 0 Å². The maximum atomic E-state index is 12.8. The molecule has 2 aliphatic rings. The highest BCUT2D eigenvalue weighted by atomic mass is 16.5. The van der Waals surface area contributed by atoms with Crippen molar-refractivity contribution < 1.29 is 14.3 Å². The number of piperidine rings is 1. The molecule has 0 N–H and O–H groups in total. The number of amides is 1. The lowest BCUT2D eigenvalue weighted by Crippen LogP contribution is -2.49. The molecular weight excluding hydrogens is 354 g/mol. The third-order valence-electron chi connectivity index (χ3n) is 5.74. The van der Waals surface area contributed by atoms with Crippen molar-refractivity contribution in [1.29, 1.82) is 0 Å². The molecule has 1 saturated heterocycles. The number of rotatable bonds is 5. The Bertz CT molecular complexity index is 847. The molecule has 0 radical (unpaired) electrons.